The number of hydrogen-bond donors (Lipinski definition) is 0. The van der Waals surface area contributed by atoms with Crippen molar-refractivity contribution >= 4 is 0 Å². The highest BCUT2D eigenvalue weighted by atomic mass is 16.5. The van der Waals surface area contributed by atoms with Crippen molar-refractivity contribution in [3.8, 4) is 5.75 Å². The van der Waals surface area contributed by atoms with Crippen molar-refractivity contribution in [2.45, 2.75) is 45.3 Å². The Morgan fingerprint density at radius 2 is 2.20 bits per heavy atom. The average Bonchev–Trinajstić information content (AvgIpc) is 2.15. The number of fused-ring (bicyclic) bond motifs is 1. The van der Waals surface area contributed by atoms with Gasteiger partial charge in [-0.25, -0.2) is 5.73 Å². The van der Waals surface area contributed by atoms with Crippen LogP contribution in [0.2, 0.25) is 0 Å². The van der Waals surface area contributed by atoms with Crippen molar-refractivity contribution in [1.82, 2.24) is 5.73 Å². The molecule has 2 rings (SSSR count). The van der Waals surface area contributed by atoms with Crippen LogP contribution in [0.25, 0.3) is 0 Å². The van der Waals surface area contributed by atoms with E-state index in [1.807, 2.05) is 19.9 Å². The van der Waals surface area contributed by atoms with E-state index in [2.05, 4.69) is 19.1 Å². The van der Waals surface area contributed by atoms with Crippen molar-refractivity contribution < 1.29 is 4.74 Å². The SMILES string of the molecule is CCc1ccc2c(c1)[C@@H]([NH])CC(C)(C)O2. The van der Waals surface area contributed by atoms with Gasteiger partial charge in [0, 0.05) is 12.0 Å². The molecule has 0 bridgehead atoms. The summed E-state index contributed by atoms with van der Waals surface area (Å²) >= 11 is 0. The summed E-state index contributed by atoms with van der Waals surface area (Å²) in [5, 5.41) is 0. The third kappa shape index (κ3) is 2.00. The second-order valence-electron chi connectivity index (χ2n) is 4.84. The molecule has 0 unspecified atom stereocenters. The van der Waals surface area contributed by atoms with Gasteiger partial charge in [0.1, 0.15) is 11.4 Å². The minimum Gasteiger partial charge on any atom is -0.487 e. The van der Waals surface area contributed by atoms with Gasteiger partial charge in [0.15, 0.2) is 0 Å². The quantitative estimate of drug-likeness (QED) is 0.691. The third-order valence-electron chi connectivity index (χ3n) is 2.94. The van der Waals surface area contributed by atoms with Crippen LogP contribution in [0, 0.1) is 0 Å². The lowest BCUT2D eigenvalue weighted by Gasteiger charge is -2.35. The highest BCUT2D eigenvalue weighted by Crippen LogP contribution is 2.39. The van der Waals surface area contributed by atoms with E-state index in [1.54, 1.807) is 0 Å². The zero-order valence-electron chi connectivity index (χ0n) is 9.63. The van der Waals surface area contributed by atoms with Gasteiger partial charge in [-0.1, -0.05) is 19.1 Å². The number of rotatable bonds is 1. The number of aryl methyl sites for hydroxylation is 1. The van der Waals surface area contributed by atoms with Crippen LogP contribution in [-0.2, 0) is 6.42 Å². The molecule has 2 nitrogen and oxygen atoms in total. The topological polar surface area (TPSA) is 33.0 Å². The highest BCUT2D eigenvalue weighted by Gasteiger charge is 2.32. The second kappa shape index (κ2) is 3.53. The van der Waals surface area contributed by atoms with Crippen LogP contribution in [0.5, 0.6) is 5.75 Å². The van der Waals surface area contributed by atoms with Crippen molar-refractivity contribution in [1.29, 1.82) is 0 Å². The number of benzene rings is 1. The van der Waals surface area contributed by atoms with Gasteiger partial charge in [0.05, 0.1) is 6.04 Å². The van der Waals surface area contributed by atoms with Crippen molar-refractivity contribution in [2.75, 3.05) is 0 Å². The van der Waals surface area contributed by atoms with E-state index in [9.17, 15) is 0 Å². The number of ether oxygens (including phenoxy) is 1. The Morgan fingerprint density at radius 3 is 2.87 bits per heavy atom. The van der Waals surface area contributed by atoms with E-state index in [1.165, 1.54) is 5.56 Å². The van der Waals surface area contributed by atoms with Gasteiger partial charge in [-0.15, -0.1) is 0 Å². The van der Waals surface area contributed by atoms with Gasteiger partial charge in [-0.3, -0.25) is 0 Å². The first-order valence-electron chi connectivity index (χ1n) is 5.55. The largest absolute Gasteiger partial charge is 0.487 e. The van der Waals surface area contributed by atoms with Gasteiger partial charge in [0.2, 0.25) is 0 Å². The zero-order valence-corrected chi connectivity index (χ0v) is 9.63. The summed E-state index contributed by atoms with van der Waals surface area (Å²) in [4.78, 5) is 0. The second-order valence-corrected chi connectivity index (χ2v) is 4.84. The standard InChI is InChI=1S/C13H18NO/c1-4-9-5-6-12-10(7-9)11(14)8-13(2,3)15-12/h5-7,11,14H,4,8H2,1-3H3/t11-/m0/s1. The van der Waals surface area contributed by atoms with E-state index < -0.39 is 0 Å². The number of hydrogen-bond acceptors (Lipinski definition) is 1. The van der Waals surface area contributed by atoms with Crippen molar-refractivity contribution in [2.24, 2.45) is 0 Å². The van der Waals surface area contributed by atoms with Crippen LogP contribution < -0.4 is 10.5 Å². The molecule has 0 amide bonds. The molecule has 1 heterocycles. The summed E-state index contributed by atoms with van der Waals surface area (Å²) in [6.07, 6.45) is 1.79. The smallest absolute Gasteiger partial charge is 0.124 e. The predicted molar refractivity (Wildman–Crippen MR) is 61.0 cm³/mol. The summed E-state index contributed by atoms with van der Waals surface area (Å²) in [6, 6.07) is 6.07. The molecule has 1 aliphatic heterocycles. The predicted octanol–water partition coefficient (Wildman–Crippen LogP) is 3.13. The van der Waals surface area contributed by atoms with Crippen LogP contribution in [0.4, 0.5) is 0 Å². The maximum Gasteiger partial charge on any atom is 0.124 e. The molecule has 1 atom stereocenters. The Bertz CT molecular complexity index is 371. The Morgan fingerprint density at radius 1 is 1.47 bits per heavy atom. The summed E-state index contributed by atoms with van der Waals surface area (Å²) < 4.78 is 5.87. The fourth-order valence-corrected chi connectivity index (χ4v) is 2.12. The Labute approximate surface area is 91.4 Å². The summed E-state index contributed by atoms with van der Waals surface area (Å²) in [5.41, 5.74) is 10.2. The molecule has 1 aromatic rings. The molecule has 0 aliphatic carbocycles. The van der Waals surface area contributed by atoms with Gasteiger partial charge in [-0.2, -0.15) is 0 Å². The molecule has 1 radical (unpaired) electrons. The van der Waals surface area contributed by atoms with Crippen LogP contribution >= 0.6 is 0 Å². The molecule has 1 aromatic carbocycles. The minimum absolute atomic E-state index is 0.143. The lowest BCUT2D eigenvalue weighted by Crippen LogP contribution is -2.35. The lowest BCUT2D eigenvalue weighted by molar-refractivity contribution is 0.0717. The van der Waals surface area contributed by atoms with Crippen LogP contribution in [-0.4, -0.2) is 5.60 Å². The van der Waals surface area contributed by atoms with E-state index in [-0.39, 0.29) is 11.6 Å². The third-order valence-corrected chi connectivity index (χ3v) is 2.94. The molecule has 0 spiro atoms. The van der Waals surface area contributed by atoms with Crippen molar-refractivity contribution in [3.05, 3.63) is 29.3 Å². The van der Waals surface area contributed by atoms with Crippen LogP contribution in [0.3, 0.4) is 0 Å². The Hall–Kier alpha value is -1.02. The van der Waals surface area contributed by atoms with Gasteiger partial charge < -0.3 is 4.74 Å². The van der Waals surface area contributed by atoms with Crippen LogP contribution in [0.15, 0.2) is 18.2 Å². The maximum absolute atomic E-state index is 8.10. The van der Waals surface area contributed by atoms with Crippen molar-refractivity contribution in [3.63, 3.8) is 0 Å². The highest BCUT2D eigenvalue weighted by molar-refractivity contribution is 5.41. The maximum atomic E-state index is 8.10. The lowest BCUT2D eigenvalue weighted by atomic mass is 9.89. The molecule has 1 N–H and O–H groups in total. The van der Waals surface area contributed by atoms with E-state index in [0.29, 0.717) is 0 Å². The molecule has 81 valence electrons. The van der Waals surface area contributed by atoms with E-state index in [4.69, 9.17) is 10.5 Å². The molecular formula is C13H18NO. The Balaban J connectivity index is 2.41. The molecule has 0 fully saturated rings. The molecular weight excluding hydrogens is 186 g/mol. The summed E-state index contributed by atoms with van der Waals surface area (Å²) in [6.45, 7) is 6.23. The minimum atomic E-state index is -0.201. The molecule has 0 aromatic heterocycles. The first-order chi connectivity index (χ1) is 7.02. The molecule has 0 saturated carbocycles. The fraction of sp³-hybridized carbons (Fsp3) is 0.538. The number of nitrogens with one attached hydrogen (secondary N) is 1. The summed E-state index contributed by atoms with van der Waals surface area (Å²) in [5.74, 6) is 0.892. The average molecular weight is 204 g/mol. The van der Waals surface area contributed by atoms with Gasteiger partial charge in [-0.05, 0) is 31.9 Å². The first-order valence-corrected chi connectivity index (χ1v) is 5.55. The monoisotopic (exact) mass is 204 g/mol. The fourth-order valence-electron chi connectivity index (χ4n) is 2.12. The molecule has 15 heavy (non-hydrogen) atoms. The molecule has 0 saturated heterocycles. The van der Waals surface area contributed by atoms with Gasteiger partial charge >= 0.3 is 0 Å². The Kier molecular flexibility index (Phi) is 2.47. The summed E-state index contributed by atoms with van der Waals surface area (Å²) in [7, 11) is 0. The van der Waals surface area contributed by atoms with E-state index >= 15 is 0 Å². The molecule has 1 aliphatic rings. The van der Waals surface area contributed by atoms with Crippen LogP contribution in [0.1, 0.15) is 44.4 Å². The van der Waals surface area contributed by atoms with E-state index in [0.717, 1.165) is 24.2 Å². The zero-order chi connectivity index (χ0) is 11.1. The van der Waals surface area contributed by atoms with Gasteiger partial charge in [0.25, 0.3) is 0 Å². The molecule has 2 heteroatoms. The first kappa shape index (κ1) is 10.5. The normalized spacial score (nSPS) is 23.1.